The minimum atomic E-state index is -0.373. The van der Waals surface area contributed by atoms with Crippen molar-refractivity contribution in [2.24, 2.45) is 0 Å². The number of carbonyl (C=O) groups excluding carboxylic acids is 2. The van der Waals surface area contributed by atoms with Gasteiger partial charge in [0.05, 0.1) is 0 Å². The molecule has 6 nitrogen and oxygen atoms in total. The molecule has 0 aliphatic heterocycles. The third-order valence-corrected chi connectivity index (χ3v) is 4.08. The Morgan fingerprint density at radius 2 is 1.60 bits per heavy atom. The summed E-state index contributed by atoms with van der Waals surface area (Å²) in [6, 6.07) is 21.8. The van der Waals surface area contributed by atoms with Gasteiger partial charge >= 0.3 is 6.03 Å². The SMILES string of the molecule is O=C(CCNC(=O)Nc1ccccc1)Nc1cccc(OCc2cccc(F)c2)c1. The van der Waals surface area contributed by atoms with Gasteiger partial charge < -0.3 is 20.7 Å². The van der Waals surface area contributed by atoms with Gasteiger partial charge in [-0.15, -0.1) is 0 Å². The van der Waals surface area contributed by atoms with Crippen LogP contribution in [0.2, 0.25) is 0 Å². The van der Waals surface area contributed by atoms with Crippen molar-refractivity contribution in [1.29, 1.82) is 0 Å². The molecule has 0 unspecified atom stereocenters. The Balaban J connectivity index is 1.41. The first-order valence-corrected chi connectivity index (χ1v) is 9.45. The number of halogens is 1. The Bertz CT molecular complexity index is 996. The van der Waals surface area contributed by atoms with Crippen molar-refractivity contribution in [1.82, 2.24) is 5.32 Å². The predicted octanol–water partition coefficient (Wildman–Crippen LogP) is 4.56. The lowest BCUT2D eigenvalue weighted by molar-refractivity contribution is -0.116. The first-order chi connectivity index (χ1) is 14.6. The molecule has 0 saturated carbocycles. The second-order valence-electron chi connectivity index (χ2n) is 6.49. The van der Waals surface area contributed by atoms with Crippen LogP contribution in [-0.2, 0) is 11.4 Å². The molecule has 3 aromatic rings. The summed E-state index contributed by atoms with van der Waals surface area (Å²) in [5.74, 6) is -0.00195. The molecule has 7 heteroatoms. The smallest absolute Gasteiger partial charge is 0.319 e. The average Bonchev–Trinajstić information content (AvgIpc) is 2.73. The first-order valence-electron chi connectivity index (χ1n) is 9.45. The molecular weight excluding hydrogens is 385 g/mol. The predicted molar refractivity (Wildman–Crippen MR) is 114 cm³/mol. The maximum atomic E-state index is 13.2. The third-order valence-electron chi connectivity index (χ3n) is 4.08. The molecule has 3 N–H and O–H groups in total. The second kappa shape index (κ2) is 10.6. The summed E-state index contributed by atoms with van der Waals surface area (Å²) in [6.07, 6.45) is 0.122. The van der Waals surface area contributed by atoms with Gasteiger partial charge in [0.15, 0.2) is 0 Å². The number of benzene rings is 3. The Morgan fingerprint density at radius 1 is 0.833 bits per heavy atom. The maximum absolute atomic E-state index is 13.2. The number of rotatable bonds is 8. The van der Waals surface area contributed by atoms with Crippen LogP contribution in [0.1, 0.15) is 12.0 Å². The summed E-state index contributed by atoms with van der Waals surface area (Å²) in [7, 11) is 0. The molecule has 3 aromatic carbocycles. The molecule has 0 atom stereocenters. The molecule has 154 valence electrons. The summed E-state index contributed by atoms with van der Waals surface area (Å²) in [5, 5.41) is 8.08. The van der Waals surface area contributed by atoms with Crippen molar-refractivity contribution in [3.8, 4) is 5.75 Å². The van der Waals surface area contributed by atoms with Crippen LogP contribution in [0.25, 0.3) is 0 Å². The Labute approximate surface area is 174 Å². The van der Waals surface area contributed by atoms with E-state index in [2.05, 4.69) is 16.0 Å². The quantitative estimate of drug-likeness (QED) is 0.512. The van der Waals surface area contributed by atoms with Gasteiger partial charge in [0, 0.05) is 30.4 Å². The van der Waals surface area contributed by atoms with Gasteiger partial charge in [-0.05, 0) is 42.0 Å². The first kappa shape index (κ1) is 20.9. The molecule has 0 radical (unpaired) electrons. The number of ether oxygens (including phenoxy) is 1. The fourth-order valence-corrected chi connectivity index (χ4v) is 2.67. The van der Waals surface area contributed by atoms with E-state index in [1.54, 1.807) is 48.5 Å². The highest BCUT2D eigenvalue weighted by molar-refractivity contribution is 5.92. The van der Waals surface area contributed by atoms with Crippen molar-refractivity contribution in [3.63, 3.8) is 0 Å². The van der Waals surface area contributed by atoms with Gasteiger partial charge in [-0.3, -0.25) is 4.79 Å². The zero-order chi connectivity index (χ0) is 21.2. The van der Waals surface area contributed by atoms with Crippen LogP contribution < -0.4 is 20.7 Å². The molecule has 0 fully saturated rings. The van der Waals surface area contributed by atoms with Gasteiger partial charge in [0.1, 0.15) is 18.2 Å². The van der Waals surface area contributed by atoms with E-state index in [0.717, 1.165) is 0 Å². The van der Waals surface area contributed by atoms with Crippen LogP contribution in [0.4, 0.5) is 20.6 Å². The molecule has 0 heterocycles. The van der Waals surface area contributed by atoms with E-state index in [1.165, 1.54) is 12.1 Å². The summed E-state index contributed by atoms with van der Waals surface area (Å²) in [5.41, 5.74) is 1.96. The molecule has 0 bridgehead atoms. The highest BCUT2D eigenvalue weighted by Gasteiger charge is 2.06. The van der Waals surface area contributed by atoms with Crippen LogP contribution >= 0.6 is 0 Å². The maximum Gasteiger partial charge on any atom is 0.319 e. The lowest BCUT2D eigenvalue weighted by atomic mass is 10.2. The van der Waals surface area contributed by atoms with Crippen molar-refractivity contribution >= 4 is 23.3 Å². The lowest BCUT2D eigenvalue weighted by Crippen LogP contribution is -2.31. The van der Waals surface area contributed by atoms with Gasteiger partial charge in [0.25, 0.3) is 0 Å². The Hall–Kier alpha value is -3.87. The van der Waals surface area contributed by atoms with Crippen LogP contribution in [-0.4, -0.2) is 18.5 Å². The van der Waals surface area contributed by atoms with Gasteiger partial charge in [-0.25, -0.2) is 9.18 Å². The van der Waals surface area contributed by atoms with E-state index < -0.39 is 0 Å². The molecule has 0 saturated heterocycles. The van der Waals surface area contributed by atoms with E-state index in [0.29, 0.717) is 22.7 Å². The summed E-state index contributed by atoms with van der Waals surface area (Å²) in [4.78, 5) is 23.9. The van der Waals surface area contributed by atoms with Crippen LogP contribution in [0.5, 0.6) is 5.75 Å². The largest absolute Gasteiger partial charge is 0.489 e. The zero-order valence-corrected chi connectivity index (χ0v) is 16.2. The van der Waals surface area contributed by atoms with E-state index in [-0.39, 0.29) is 37.3 Å². The molecule has 0 aromatic heterocycles. The zero-order valence-electron chi connectivity index (χ0n) is 16.2. The minimum absolute atomic E-state index is 0.122. The lowest BCUT2D eigenvalue weighted by Gasteiger charge is -2.10. The monoisotopic (exact) mass is 407 g/mol. The van der Waals surface area contributed by atoms with Crippen molar-refractivity contribution < 1.29 is 18.7 Å². The van der Waals surface area contributed by atoms with E-state index >= 15 is 0 Å². The highest BCUT2D eigenvalue weighted by Crippen LogP contribution is 2.19. The number of anilines is 2. The minimum Gasteiger partial charge on any atom is -0.489 e. The van der Waals surface area contributed by atoms with E-state index in [1.807, 2.05) is 18.2 Å². The van der Waals surface area contributed by atoms with Gasteiger partial charge in [-0.2, -0.15) is 0 Å². The van der Waals surface area contributed by atoms with Crippen molar-refractivity contribution in [2.75, 3.05) is 17.2 Å². The molecular formula is C23H22FN3O3. The fraction of sp³-hybridized carbons (Fsp3) is 0.130. The number of urea groups is 1. The fourth-order valence-electron chi connectivity index (χ4n) is 2.67. The Kier molecular flexibility index (Phi) is 7.38. The number of hydrogen-bond acceptors (Lipinski definition) is 3. The molecule has 0 aliphatic rings. The molecule has 3 amide bonds. The van der Waals surface area contributed by atoms with E-state index in [9.17, 15) is 14.0 Å². The molecule has 0 aliphatic carbocycles. The normalized spacial score (nSPS) is 10.2. The van der Waals surface area contributed by atoms with Crippen LogP contribution in [0.15, 0.2) is 78.9 Å². The number of hydrogen-bond donors (Lipinski definition) is 3. The average molecular weight is 407 g/mol. The van der Waals surface area contributed by atoms with Crippen molar-refractivity contribution in [3.05, 3.63) is 90.2 Å². The van der Waals surface area contributed by atoms with Crippen LogP contribution in [0, 0.1) is 5.82 Å². The summed E-state index contributed by atoms with van der Waals surface area (Å²) < 4.78 is 18.9. The molecule has 0 spiro atoms. The number of nitrogens with one attached hydrogen (secondary N) is 3. The number of amides is 3. The summed E-state index contributed by atoms with van der Waals surface area (Å²) >= 11 is 0. The van der Waals surface area contributed by atoms with Crippen molar-refractivity contribution in [2.45, 2.75) is 13.0 Å². The number of para-hydroxylation sites is 1. The topological polar surface area (TPSA) is 79.5 Å². The van der Waals surface area contributed by atoms with Gasteiger partial charge in [0.2, 0.25) is 5.91 Å². The van der Waals surface area contributed by atoms with Gasteiger partial charge in [-0.1, -0.05) is 36.4 Å². The molecule has 3 rings (SSSR count). The number of carbonyl (C=O) groups is 2. The van der Waals surface area contributed by atoms with E-state index in [4.69, 9.17) is 4.74 Å². The third kappa shape index (κ3) is 6.94. The highest BCUT2D eigenvalue weighted by atomic mass is 19.1. The van der Waals surface area contributed by atoms with Crippen LogP contribution in [0.3, 0.4) is 0 Å². The second-order valence-corrected chi connectivity index (χ2v) is 6.49. The summed E-state index contributed by atoms with van der Waals surface area (Å²) in [6.45, 7) is 0.413. The Morgan fingerprint density at radius 3 is 2.40 bits per heavy atom. The standard InChI is InChI=1S/C23H22FN3O3/c24-18-7-4-6-17(14-18)16-30-21-11-5-10-20(15-21)26-22(28)12-13-25-23(29)27-19-8-2-1-3-9-19/h1-11,14-15H,12-13,16H2,(H,26,28)(H2,25,27,29). The molecule has 30 heavy (non-hydrogen) atoms.